The van der Waals surface area contributed by atoms with E-state index in [-0.39, 0.29) is 20.4 Å². The first-order valence-corrected chi connectivity index (χ1v) is 4.34. The Bertz CT molecular complexity index is 216. The summed E-state index contributed by atoms with van der Waals surface area (Å²) in [6.07, 6.45) is 5.35. The molecule has 0 aromatic heterocycles. The van der Waals surface area contributed by atoms with Crippen LogP contribution in [0.15, 0.2) is 24.0 Å². The van der Waals surface area contributed by atoms with Gasteiger partial charge in [-0.15, -0.1) is 12.7 Å². The molecule has 3 heteroatoms. The van der Waals surface area contributed by atoms with Crippen LogP contribution in [0.2, 0.25) is 0 Å². The van der Waals surface area contributed by atoms with E-state index in [0.29, 0.717) is 12.0 Å². The van der Waals surface area contributed by atoms with Crippen molar-refractivity contribution in [3.63, 3.8) is 0 Å². The third-order valence-electron chi connectivity index (χ3n) is 1.82. The van der Waals surface area contributed by atoms with Crippen LogP contribution in [-0.2, 0) is 25.2 Å². The number of allylic oxidation sites excluding steroid dienone is 1. The Morgan fingerprint density at radius 1 is 1.50 bits per heavy atom. The van der Waals surface area contributed by atoms with E-state index in [2.05, 4.69) is 39.8 Å². The summed E-state index contributed by atoms with van der Waals surface area (Å²) in [4.78, 5) is 0. The quantitative estimate of drug-likeness (QED) is 0.433. The van der Waals surface area contributed by atoms with Crippen LogP contribution in [0.1, 0.15) is 27.2 Å². The average Bonchev–Trinajstić information content (AvgIpc) is 2.29. The van der Waals surface area contributed by atoms with Crippen molar-refractivity contribution in [2.45, 2.75) is 27.2 Å². The van der Waals surface area contributed by atoms with Crippen LogP contribution in [-0.4, -0.2) is 6.61 Å². The molecule has 0 fully saturated rings. The van der Waals surface area contributed by atoms with Crippen molar-refractivity contribution in [1.82, 2.24) is 0 Å². The molecule has 0 aromatic rings. The molecule has 0 bridgehead atoms. The second-order valence-electron chi connectivity index (χ2n) is 4.36. The van der Waals surface area contributed by atoms with Crippen molar-refractivity contribution in [3.05, 3.63) is 30.4 Å². The molecular weight excluding hydrogens is 601 g/mol. The molecule has 0 amide bonds. The second kappa shape index (κ2) is 5.52. The maximum atomic E-state index is 5.21. The minimum atomic E-state index is 0. The van der Waals surface area contributed by atoms with Gasteiger partial charge in [-0.3, -0.25) is 0 Å². The Balaban J connectivity index is 0. The zero-order valence-corrected chi connectivity index (χ0v) is 18.4. The normalized spacial score (nSPS) is 14.8. The van der Waals surface area contributed by atoms with Gasteiger partial charge in [0.15, 0.2) is 0 Å². The number of ether oxygens (including phenoxy) is 1. The third kappa shape index (κ3) is 4.74. The Kier molecular flexibility index (Phi) is 6.03. The number of hydrogen-bond acceptors (Lipinski definition) is 1. The molecule has 0 aliphatic carbocycles. The minimum Gasteiger partial charge on any atom is -0.559 e. The maximum Gasteiger partial charge on any atom is 0.0472 e. The van der Waals surface area contributed by atoms with Crippen LogP contribution < -0.4 is 0 Å². The molecule has 1 radical (unpaired) electrons. The molecule has 0 aromatic carbocycles. The molecule has 1 rings (SSSR count). The fourth-order valence-corrected chi connectivity index (χ4v) is 1.04. The van der Waals surface area contributed by atoms with Crippen LogP contribution in [0.5, 0.6) is 0 Å². The van der Waals surface area contributed by atoms with Gasteiger partial charge in [0, 0.05) is 32.8 Å². The molecular formula is C11H17OReRf-. The molecule has 1 heterocycles. The van der Waals surface area contributed by atoms with E-state index in [0.717, 1.165) is 12.2 Å². The fourth-order valence-electron chi connectivity index (χ4n) is 1.04. The van der Waals surface area contributed by atoms with E-state index in [4.69, 9.17) is 4.74 Å². The van der Waals surface area contributed by atoms with Crippen molar-refractivity contribution < 1.29 is 25.2 Å². The average molecular weight is 618 g/mol. The zero-order valence-electron chi connectivity index (χ0n) is 9.27. The molecule has 0 saturated carbocycles. The van der Waals surface area contributed by atoms with Gasteiger partial charge in [-0.2, -0.15) is 12.0 Å². The van der Waals surface area contributed by atoms with Gasteiger partial charge in [-0.1, -0.05) is 27.2 Å². The number of hydrogen-bond donors (Lipinski definition) is 0. The van der Waals surface area contributed by atoms with Gasteiger partial charge >= 0.3 is 0 Å². The first-order valence-electron chi connectivity index (χ1n) is 4.34. The molecule has 14 heavy (non-hydrogen) atoms. The van der Waals surface area contributed by atoms with Crippen LogP contribution in [0.3, 0.4) is 0 Å². The van der Waals surface area contributed by atoms with Crippen LogP contribution in [0.4, 0.5) is 0 Å². The molecule has 0 unspecified atom stereocenters. The fraction of sp³-hybridized carbons (Fsp3) is 0.545. The Hall–Kier alpha value is -1.19. The standard InChI is InChI=1S/C11H17O.Re.Rf/c1-9-10(6-8-12-9)5-7-11(2,3)4;;/h5-6H,1,7-8H2,2-4H3;;/q-1;;. The summed E-state index contributed by atoms with van der Waals surface area (Å²) in [7, 11) is 0. The summed E-state index contributed by atoms with van der Waals surface area (Å²) in [5.74, 6) is 0.819. The van der Waals surface area contributed by atoms with Gasteiger partial charge in [0.05, 0.1) is 0 Å². The molecule has 1 nitrogen and oxygen atoms in total. The van der Waals surface area contributed by atoms with Gasteiger partial charge < -0.3 is 4.74 Å². The molecule has 0 spiro atoms. The number of rotatable bonds is 2. The Morgan fingerprint density at radius 2 is 2.07 bits per heavy atom. The first-order chi connectivity index (χ1) is 5.49. The predicted molar refractivity (Wildman–Crippen MR) is 51.5 cm³/mol. The van der Waals surface area contributed by atoms with Crippen molar-refractivity contribution in [1.29, 1.82) is 0 Å². The zero-order chi connectivity index (χ0) is 9.19. The largest absolute Gasteiger partial charge is 0.559 e. The molecule has 1 aliphatic heterocycles. The SMILES string of the molecule is C=C1OCC=C1[CH-]CC(C)(C)C.[Re].[Rf]. The van der Waals surface area contributed by atoms with E-state index >= 15 is 0 Å². The second-order valence-corrected chi connectivity index (χ2v) is 4.36. The summed E-state index contributed by atoms with van der Waals surface area (Å²) in [5, 5.41) is 0. The molecule has 1 aliphatic rings. The summed E-state index contributed by atoms with van der Waals surface area (Å²) in [6.45, 7) is 11.2. The molecule has 77 valence electrons. The third-order valence-corrected chi connectivity index (χ3v) is 1.82. The summed E-state index contributed by atoms with van der Waals surface area (Å²) in [6, 6.07) is 0. The van der Waals surface area contributed by atoms with E-state index in [9.17, 15) is 0 Å². The van der Waals surface area contributed by atoms with Crippen molar-refractivity contribution in [2.75, 3.05) is 6.61 Å². The Morgan fingerprint density at radius 3 is 2.43 bits per heavy atom. The smallest absolute Gasteiger partial charge is 0.0472 e. The van der Waals surface area contributed by atoms with Crippen molar-refractivity contribution >= 4 is 0 Å². The molecule has 0 atom stereocenters. The first kappa shape index (κ1) is 15.3. The minimum absolute atomic E-state index is 0. The van der Waals surface area contributed by atoms with Gasteiger partial charge in [0.1, 0.15) is 0 Å². The van der Waals surface area contributed by atoms with Gasteiger partial charge in [-0.05, 0) is 5.41 Å². The van der Waals surface area contributed by atoms with Crippen LogP contribution >= 0.6 is 0 Å². The van der Waals surface area contributed by atoms with E-state index in [1.54, 1.807) is 0 Å². The monoisotopic (exact) mass is 619 g/mol. The summed E-state index contributed by atoms with van der Waals surface area (Å²) in [5.41, 5.74) is 1.52. The van der Waals surface area contributed by atoms with E-state index in [1.807, 2.05) is 0 Å². The van der Waals surface area contributed by atoms with Crippen molar-refractivity contribution in [2.24, 2.45) is 5.41 Å². The van der Waals surface area contributed by atoms with Gasteiger partial charge in [0.25, 0.3) is 0 Å². The van der Waals surface area contributed by atoms with E-state index < -0.39 is 0 Å². The molecule has 0 saturated heterocycles. The topological polar surface area (TPSA) is 9.23 Å². The Labute approximate surface area is 94.9 Å². The van der Waals surface area contributed by atoms with E-state index in [1.165, 1.54) is 5.57 Å². The van der Waals surface area contributed by atoms with Gasteiger partial charge in [0.2, 0.25) is 0 Å². The van der Waals surface area contributed by atoms with Crippen LogP contribution in [0, 0.1) is 11.8 Å². The predicted octanol–water partition coefficient (Wildman–Crippen LogP) is 3.09. The maximum absolute atomic E-state index is 5.21. The van der Waals surface area contributed by atoms with Crippen molar-refractivity contribution in [3.8, 4) is 0 Å². The van der Waals surface area contributed by atoms with Crippen LogP contribution in [0.25, 0.3) is 0 Å². The van der Waals surface area contributed by atoms with Gasteiger partial charge in [-0.25, -0.2) is 0 Å². The summed E-state index contributed by atoms with van der Waals surface area (Å²) < 4.78 is 5.21. The molecule has 0 N–H and O–H groups in total. The summed E-state index contributed by atoms with van der Waals surface area (Å²) >= 11 is 0.